The van der Waals surface area contributed by atoms with Crippen molar-refractivity contribution in [3.8, 4) is 5.75 Å². The molecule has 0 spiro atoms. The first kappa shape index (κ1) is 20.2. The van der Waals surface area contributed by atoms with Gasteiger partial charge in [0.2, 0.25) is 5.89 Å². The van der Waals surface area contributed by atoms with Gasteiger partial charge in [-0.25, -0.2) is 4.39 Å². The predicted molar refractivity (Wildman–Crippen MR) is 98.2 cm³/mol. The van der Waals surface area contributed by atoms with Crippen molar-refractivity contribution < 1.29 is 23.6 Å². The van der Waals surface area contributed by atoms with E-state index in [1.54, 1.807) is 13.0 Å². The Hall–Kier alpha value is -2.52. The maximum atomic E-state index is 14.1. The first-order chi connectivity index (χ1) is 13.4. The smallest absolute Gasteiger partial charge is 0.256 e. The lowest BCUT2D eigenvalue weighted by molar-refractivity contribution is -0.157. The molecule has 9 heteroatoms. The van der Waals surface area contributed by atoms with Crippen LogP contribution in [-0.2, 0) is 17.8 Å². The fraction of sp³-hybridized carbons (Fsp3) is 0.526. The molecule has 3 rings (SSSR count). The summed E-state index contributed by atoms with van der Waals surface area (Å²) in [5, 5.41) is 17.7. The van der Waals surface area contributed by atoms with Crippen molar-refractivity contribution in [3.05, 3.63) is 41.3 Å². The molecule has 0 unspecified atom stereocenters. The Morgan fingerprint density at radius 3 is 3.00 bits per heavy atom. The summed E-state index contributed by atoms with van der Waals surface area (Å²) >= 11 is 0. The second kappa shape index (κ2) is 8.66. The van der Waals surface area contributed by atoms with E-state index in [-0.39, 0.29) is 13.1 Å². The highest BCUT2D eigenvalue weighted by atomic mass is 19.1. The SMILES string of the molecule is COc1ccc(F)c(CN2CCC[C@@](O)(CNCCc3noc(C)n3)C2=O)c1. The molecule has 8 nitrogen and oxygen atoms in total. The van der Waals surface area contributed by atoms with E-state index in [1.165, 1.54) is 24.1 Å². The zero-order valence-electron chi connectivity index (χ0n) is 16.1. The van der Waals surface area contributed by atoms with Gasteiger partial charge in [0, 0.05) is 45.1 Å². The molecule has 1 fully saturated rings. The van der Waals surface area contributed by atoms with Crippen LogP contribution in [0.3, 0.4) is 0 Å². The molecule has 1 saturated heterocycles. The van der Waals surface area contributed by atoms with Crippen molar-refractivity contribution in [2.45, 2.75) is 38.3 Å². The standard InChI is InChI=1S/C19H25FN4O4/c1-13-22-17(23-28-13)6-8-21-12-19(26)7-3-9-24(18(19)25)11-14-10-15(27-2)4-5-16(14)20/h4-5,10,21,26H,3,6-9,11-12H2,1-2H3/t19-/m1/s1. The highest BCUT2D eigenvalue weighted by molar-refractivity contribution is 5.86. The zero-order chi connectivity index (χ0) is 20.1. The lowest BCUT2D eigenvalue weighted by Gasteiger charge is -2.38. The lowest BCUT2D eigenvalue weighted by atomic mass is 9.91. The Labute approximate surface area is 162 Å². The van der Waals surface area contributed by atoms with E-state index < -0.39 is 17.3 Å². The van der Waals surface area contributed by atoms with E-state index in [0.29, 0.717) is 55.4 Å². The summed E-state index contributed by atoms with van der Waals surface area (Å²) in [6.45, 7) is 2.89. The van der Waals surface area contributed by atoms with Crippen LogP contribution in [0.25, 0.3) is 0 Å². The van der Waals surface area contributed by atoms with Gasteiger partial charge >= 0.3 is 0 Å². The van der Waals surface area contributed by atoms with Gasteiger partial charge in [-0.15, -0.1) is 0 Å². The maximum Gasteiger partial charge on any atom is 0.256 e. The Morgan fingerprint density at radius 2 is 2.29 bits per heavy atom. The van der Waals surface area contributed by atoms with E-state index in [1.807, 2.05) is 0 Å². The third-order valence-corrected chi connectivity index (χ3v) is 4.83. The molecule has 2 N–H and O–H groups in total. The number of rotatable bonds is 8. The van der Waals surface area contributed by atoms with E-state index in [4.69, 9.17) is 9.26 Å². The first-order valence-corrected chi connectivity index (χ1v) is 9.25. The van der Waals surface area contributed by atoms with Gasteiger partial charge in [-0.1, -0.05) is 5.16 Å². The quantitative estimate of drug-likeness (QED) is 0.651. The topological polar surface area (TPSA) is 101 Å². The number of halogens is 1. The number of nitrogens with one attached hydrogen (secondary N) is 1. The number of hydrogen-bond acceptors (Lipinski definition) is 7. The maximum absolute atomic E-state index is 14.1. The van der Waals surface area contributed by atoms with Crippen LogP contribution < -0.4 is 10.1 Å². The van der Waals surface area contributed by atoms with Crippen LogP contribution in [0.2, 0.25) is 0 Å². The molecule has 1 aliphatic rings. The molecule has 1 aromatic heterocycles. The Bertz CT molecular complexity index is 828. The molecular formula is C19H25FN4O4. The van der Waals surface area contributed by atoms with Gasteiger partial charge in [0.15, 0.2) is 11.4 Å². The second-order valence-electron chi connectivity index (χ2n) is 6.98. The minimum absolute atomic E-state index is 0.0896. The van der Waals surface area contributed by atoms with Crippen molar-refractivity contribution in [2.75, 3.05) is 26.7 Å². The Kier molecular flexibility index (Phi) is 6.25. The van der Waals surface area contributed by atoms with E-state index in [2.05, 4.69) is 15.5 Å². The number of nitrogens with zero attached hydrogens (tertiary/aromatic N) is 3. The predicted octanol–water partition coefficient (Wildman–Crippen LogP) is 1.21. The van der Waals surface area contributed by atoms with Gasteiger partial charge in [-0.3, -0.25) is 4.79 Å². The van der Waals surface area contributed by atoms with Gasteiger partial charge in [0.25, 0.3) is 5.91 Å². The fourth-order valence-corrected chi connectivity index (χ4v) is 3.32. The molecule has 2 heterocycles. The highest BCUT2D eigenvalue weighted by Gasteiger charge is 2.41. The summed E-state index contributed by atoms with van der Waals surface area (Å²) in [5.41, 5.74) is -1.15. The molecule has 1 atom stereocenters. The number of aryl methyl sites for hydroxylation is 1. The molecule has 1 amide bonds. The largest absolute Gasteiger partial charge is 0.497 e. The first-order valence-electron chi connectivity index (χ1n) is 9.25. The average Bonchev–Trinajstić information content (AvgIpc) is 3.10. The molecule has 1 aliphatic heterocycles. The van der Waals surface area contributed by atoms with Crippen molar-refractivity contribution in [2.24, 2.45) is 0 Å². The summed E-state index contributed by atoms with van der Waals surface area (Å²) in [5.74, 6) is 0.785. The molecule has 0 saturated carbocycles. The van der Waals surface area contributed by atoms with Gasteiger partial charge in [0.05, 0.1) is 7.11 Å². The van der Waals surface area contributed by atoms with Crippen molar-refractivity contribution in [1.29, 1.82) is 0 Å². The summed E-state index contributed by atoms with van der Waals surface area (Å²) in [6, 6.07) is 4.42. The van der Waals surface area contributed by atoms with Crippen LogP contribution >= 0.6 is 0 Å². The average molecular weight is 392 g/mol. The third-order valence-electron chi connectivity index (χ3n) is 4.83. The lowest BCUT2D eigenvalue weighted by Crippen LogP contribution is -2.57. The third kappa shape index (κ3) is 4.66. The van der Waals surface area contributed by atoms with E-state index in [9.17, 15) is 14.3 Å². The van der Waals surface area contributed by atoms with E-state index in [0.717, 1.165) is 0 Å². The molecule has 0 radical (unpaired) electrons. The van der Waals surface area contributed by atoms with Crippen molar-refractivity contribution in [3.63, 3.8) is 0 Å². The number of likely N-dealkylation sites (tertiary alicyclic amines) is 1. The van der Waals surface area contributed by atoms with Gasteiger partial charge in [-0.2, -0.15) is 4.98 Å². The van der Waals surface area contributed by atoms with Crippen LogP contribution in [0.5, 0.6) is 5.75 Å². The number of carbonyl (C=O) groups excluding carboxylic acids is 1. The molecule has 28 heavy (non-hydrogen) atoms. The Morgan fingerprint density at radius 1 is 1.46 bits per heavy atom. The van der Waals surface area contributed by atoms with Crippen LogP contribution in [0.4, 0.5) is 4.39 Å². The zero-order valence-corrected chi connectivity index (χ0v) is 16.1. The number of ether oxygens (including phenoxy) is 1. The molecular weight excluding hydrogens is 367 g/mol. The molecule has 0 bridgehead atoms. The summed E-state index contributed by atoms with van der Waals surface area (Å²) < 4.78 is 24.1. The van der Waals surface area contributed by atoms with Crippen LogP contribution in [-0.4, -0.2) is 58.4 Å². The minimum atomic E-state index is -1.51. The number of aromatic nitrogens is 2. The summed E-state index contributed by atoms with van der Waals surface area (Å²) in [7, 11) is 1.50. The molecule has 1 aromatic carbocycles. The van der Waals surface area contributed by atoms with E-state index >= 15 is 0 Å². The number of methoxy groups -OCH3 is 1. The van der Waals surface area contributed by atoms with Crippen molar-refractivity contribution >= 4 is 5.91 Å². The number of aliphatic hydroxyl groups is 1. The molecule has 152 valence electrons. The van der Waals surface area contributed by atoms with Crippen LogP contribution in [0.15, 0.2) is 22.7 Å². The second-order valence-corrected chi connectivity index (χ2v) is 6.98. The fourth-order valence-electron chi connectivity index (χ4n) is 3.32. The van der Waals surface area contributed by atoms with Crippen LogP contribution in [0.1, 0.15) is 30.1 Å². The number of carbonyl (C=O) groups is 1. The summed E-state index contributed by atoms with van der Waals surface area (Å²) in [4.78, 5) is 18.4. The highest BCUT2D eigenvalue weighted by Crippen LogP contribution is 2.25. The molecule has 2 aromatic rings. The number of amides is 1. The summed E-state index contributed by atoms with van der Waals surface area (Å²) in [6.07, 6.45) is 1.52. The van der Waals surface area contributed by atoms with Crippen LogP contribution in [0, 0.1) is 12.7 Å². The molecule has 0 aliphatic carbocycles. The minimum Gasteiger partial charge on any atom is -0.497 e. The van der Waals surface area contributed by atoms with Crippen molar-refractivity contribution in [1.82, 2.24) is 20.4 Å². The van der Waals surface area contributed by atoms with Gasteiger partial charge in [-0.05, 0) is 31.0 Å². The number of hydrogen-bond donors (Lipinski definition) is 2. The normalized spacial score (nSPS) is 19.9. The van der Waals surface area contributed by atoms with Gasteiger partial charge < -0.3 is 24.6 Å². The number of piperidine rings is 1. The Balaban J connectivity index is 1.57. The number of benzene rings is 1. The van der Waals surface area contributed by atoms with Gasteiger partial charge in [0.1, 0.15) is 11.6 Å². The monoisotopic (exact) mass is 392 g/mol.